The Morgan fingerprint density at radius 3 is 2.55 bits per heavy atom. The van der Waals surface area contributed by atoms with Gasteiger partial charge in [0.15, 0.2) is 0 Å². The zero-order valence-electron chi connectivity index (χ0n) is 17.6. The minimum absolute atomic E-state index is 0.354. The Hall–Kier alpha value is -3.61. The number of benzene rings is 2. The molecule has 2 N–H and O–H groups in total. The number of carbonyl (C=O) groups excluding carboxylic acids is 3. The third-order valence-corrected chi connectivity index (χ3v) is 5.62. The molecule has 7 heteroatoms. The van der Waals surface area contributed by atoms with Gasteiger partial charge in [0, 0.05) is 5.39 Å². The number of imide groups is 1. The van der Waals surface area contributed by atoms with Crippen LogP contribution in [-0.4, -0.2) is 29.3 Å². The molecular weight excluding hydrogens is 394 g/mol. The second kappa shape index (κ2) is 8.26. The fourth-order valence-corrected chi connectivity index (χ4v) is 4.09. The maximum atomic E-state index is 13.3. The van der Waals surface area contributed by atoms with Crippen LogP contribution in [0.15, 0.2) is 65.1 Å². The lowest BCUT2D eigenvalue weighted by Crippen LogP contribution is -2.45. The van der Waals surface area contributed by atoms with Gasteiger partial charge >= 0.3 is 6.03 Å². The number of rotatable bonds is 7. The van der Waals surface area contributed by atoms with Crippen LogP contribution in [0.1, 0.15) is 44.1 Å². The van der Waals surface area contributed by atoms with Gasteiger partial charge in [-0.15, -0.1) is 0 Å². The Morgan fingerprint density at radius 1 is 1.13 bits per heavy atom. The molecular formula is C24H25N3O4. The van der Waals surface area contributed by atoms with Crippen molar-refractivity contribution in [2.45, 2.75) is 38.3 Å². The first-order chi connectivity index (χ1) is 14.9. The van der Waals surface area contributed by atoms with Crippen molar-refractivity contribution < 1.29 is 18.8 Å². The number of hydrogen-bond acceptors (Lipinski definition) is 4. The monoisotopic (exact) mass is 419 g/mol. The van der Waals surface area contributed by atoms with Crippen molar-refractivity contribution in [3.05, 3.63) is 72.0 Å². The molecule has 4 rings (SSSR count). The van der Waals surface area contributed by atoms with Crippen LogP contribution in [0, 0.1) is 0 Å². The highest BCUT2D eigenvalue weighted by atomic mass is 16.3. The first kappa shape index (κ1) is 20.7. The van der Waals surface area contributed by atoms with E-state index < -0.39 is 29.4 Å². The molecule has 0 spiro atoms. The molecule has 31 heavy (non-hydrogen) atoms. The zero-order valence-corrected chi connectivity index (χ0v) is 17.6. The van der Waals surface area contributed by atoms with E-state index in [-0.39, 0.29) is 6.54 Å². The van der Waals surface area contributed by atoms with Crippen LogP contribution in [0.5, 0.6) is 0 Å². The number of fused-ring (bicyclic) bond motifs is 1. The van der Waals surface area contributed by atoms with E-state index in [1.807, 2.05) is 67.6 Å². The number of nitrogens with one attached hydrogen (secondary N) is 2. The van der Waals surface area contributed by atoms with Crippen molar-refractivity contribution in [2.75, 3.05) is 6.54 Å². The fourth-order valence-electron chi connectivity index (χ4n) is 4.09. The van der Waals surface area contributed by atoms with Gasteiger partial charge in [-0.05, 0) is 31.0 Å². The van der Waals surface area contributed by atoms with Crippen LogP contribution in [0.4, 0.5) is 4.79 Å². The number of nitrogens with zero attached hydrogens (tertiary/aromatic N) is 1. The van der Waals surface area contributed by atoms with Gasteiger partial charge in [-0.1, -0.05) is 61.9 Å². The van der Waals surface area contributed by atoms with Crippen LogP contribution < -0.4 is 10.6 Å². The summed E-state index contributed by atoms with van der Waals surface area (Å²) >= 11 is 0. The average molecular weight is 419 g/mol. The first-order valence-electron chi connectivity index (χ1n) is 10.4. The van der Waals surface area contributed by atoms with Crippen molar-refractivity contribution in [1.29, 1.82) is 0 Å². The molecule has 1 aliphatic rings. The summed E-state index contributed by atoms with van der Waals surface area (Å²) in [6.07, 6.45) is 1.15. The maximum absolute atomic E-state index is 13.3. The summed E-state index contributed by atoms with van der Waals surface area (Å²) in [5.41, 5.74) is 0.311. The molecule has 0 bridgehead atoms. The summed E-state index contributed by atoms with van der Waals surface area (Å²) in [6, 6.07) is 17.6. The lowest BCUT2D eigenvalue weighted by Gasteiger charge is -2.27. The van der Waals surface area contributed by atoms with Gasteiger partial charge in [-0.25, -0.2) is 4.79 Å². The number of urea groups is 1. The molecule has 2 atom stereocenters. The zero-order chi connectivity index (χ0) is 22.0. The molecule has 3 aromatic rings. The van der Waals surface area contributed by atoms with Crippen LogP contribution >= 0.6 is 0 Å². The first-order valence-corrected chi connectivity index (χ1v) is 10.4. The van der Waals surface area contributed by atoms with Crippen molar-refractivity contribution in [3.8, 4) is 0 Å². The van der Waals surface area contributed by atoms with E-state index in [0.717, 1.165) is 15.9 Å². The van der Waals surface area contributed by atoms with Gasteiger partial charge in [0.1, 0.15) is 23.4 Å². The molecule has 2 aromatic carbocycles. The van der Waals surface area contributed by atoms with Gasteiger partial charge in [-0.2, -0.15) is 0 Å². The molecule has 1 saturated heterocycles. The molecule has 0 unspecified atom stereocenters. The minimum atomic E-state index is -1.14. The number of para-hydroxylation sites is 1. The number of furan rings is 1. The number of amides is 4. The quantitative estimate of drug-likeness (QED) is 0.569. The summed E-state index contributed by atoms with van der Waals surface area (Å²) in [7, 11) is 0. The van der Waals surface area contributed by atoms with Crippen molar-refractivity contribution in [1.82, 2.24) is 15.5 Å². The van der Waals surface area contributed by atoms with E-state index in [2.05, 4.69) is 10.6 Å². The highest BCUT2D eigenvalue weighted by Crippen LogP contribution is 2.33. The van der Waals surface area contributed by atoms with E-state index in [1.54, 1.807) is 6.92 Å². The highest BCUT2D eigenvalue weighted by molar-refractivity contribution is 6.09. The van der Waals surface area contributed by atoms with E-state index in [4.69, 9.17) is 4.42 Å². The lowest BCUT2D eigenvalue weighted by atomic mass is 9.85. The highest BCUT2D eigenvalue weighted by Gasteiger charge is 2.52. The molecule has 2 heterocycles. The van der Waals surface area contributed by atoms with E-state index in [9.17, 15) is 14.4 Å². The lowest BCUT2D eigenvalue weighted by molar-refractivity contribution is -0.135. The Labute approximate surface area is 180 Å². The van der Waals surface area contributed by atoms with Crippen LogP contribution in [-0.2, 0) is 15.1 Å². The predicted molar refractivity (Wildman–Crippen MR) is 116 cm³/mol. The normalized spacial score (nSPS) is 19.5. The Kier molecular flexibility index (Phi) is 5.50. The third kappa shape index (κ3) is 3.79. The summed E-state index contributed by atoms with van der Waals surface area (Å²) in [5.74, 6) is -0.231. The van der Waals surface area contributed by atoms with Crippen molar-refractivity contribution >= 4 is 28.8 Å². The topological polar surface area (TPSA) is 91.7 Å². The minimum Gasteiger partial charge on any atom is -0.459 e. The summed E-state index contributed by atoms with van der Waals surface area (Å²) in [6.45, 7) is 3.40. The largest absolute Gasteiger partial charge is 0.459 e. The maximum Gasteiger partial charge on any atom is 0.325 e. The van der Waals surface area contributed by atoms with Crippen LogP contribution in [0.25, 0.3) is 11.0 Å². The summed E-state index contributed by atoms with van der Waals surface area (Å²) < 4.78 is 5.79. The molecule has 4 amide bonds. The number of carbonyl (C=O) groups is 3. The van der Waals surface area contributed by atoms with Gasteiger partial charge in [0.25, 0.3) is 5.91 Å². The molecule has 0 radical (unpaired) electrons. The van der Waals surface area contributed by atoms with Gasteiger partial charge < -0.3 is 15.1 Å². The summed E-state index contributed by atoms with van der Waals surface area (Å²) in [4.78, 5) is 39.6. The van der Waals surface area contributed by atoms with E-state index in [1.165, 1.54) is 0 Å². The van der Waals surface area contributed by atoms with Crippen molar-refractivity contribution in [2.24, 2.45) is 0 Å². The smallest absolute Gasteiger partial charge is 0.325 e. The molecule has 0 saturated carbocycles. The average Bonchev–Trinajstić information content (AvgIpc) is 3.30. The molecule has 1 aromatic heterocycles. The number of hydrogen-bond donors (Lipinski definition) is 2. The fraction of sp³-hybridized carbons (Fsp3) is 0.292. The second-order valence-corrected chi connectivity index (χ2v) is 7.82. The second-order valence-electron chi connectivity index (χ2n) is 7.82. The molecule has 0 aliphatic carbocycles. The van der Waals surface area contributed by atoms with Crippen molar-refractivity contribution in [3.63, 3.8) is 0 Å². The Bertz CT molecular complexity index is 1090. The molecule has 160 valence electrons. The predicted octanol–water partition coefficient (Wildman–Crippen LogP) is 3.86. The Balaban J connectivity index is 1.48. The van der Waals surface area contributed by atoms with Gasteiger partial charge in [-0.3, -0.25) is 14.5 Å². The SMILES string of the molecule is CCC[C@]1(c2ccccc2)NC(=O)N(CC(=O)N[C@@H](C)c2cc3ccccc3o2)C1=O. The summed E-state index contributed by atoms with van der Waals surface area (Å²) in [5, 5.41) is 6.59. The standard InChI is InChI=1S/C24H25N3O4/c1-3-13-24(18-10-5-4-6-11-18)22(29)27(23(30)26-24)15-21(28)25-16(2)20-14-17-9-7-8-12-19(17)31-20/h4-12,14,16H,3,13,15H2,1-2H3,(H,25,28)(H,26,30)/t16-,24+/m0/s1. The molecule has 1 aliphatic heterocycles. The van der Waals surface area contributed by atoms with E-state index in [0.29, 0.717) is 24.2 Å². The Morgan fingerprint density at radius 2 is 1.84 bits per heavy atom. The third-order valence-electron chi connectivity index (χ3n) is 5.62. The van der Waals surface area contributed by atoms with Crippen LogP contribution in [0.2, 0.25) is 0 Å². The molecule has 1 fully saturated rings. The van der Waals surface area contributed by atoms with Gasteiger partial charge in [0.2, 0.25) is 5.91 Å². The van der Waals surface area contributed by atoms with E-state index >= 15 is 0 Å². The van der Waals surface area contributed by atoms with Gasteiger partial charge in [0.05, 0.1) is 6.04 Å². The molecule has 7 nitrogen and oxygen atoms in total. The van der Waals surface area contributed by atoms with Crippen LogP contribution in [0.3, 0.4) is 0 Å².